The summed E-state index contributed by atoms with van der Waals surface area (Å²) in [4.78, 5) is 21.0. The first kappa shape index (κ1) is 17.1. The molecule has 2 aliphatic heterocycles. The molecule has 2 fully saturated rings. The molecule has 0 N–H and O–H groups in total. The van der Waals surface area contributed by atoms with Gasteiger partial charge in [0.05, 0.1) is 18.8 Å². The van der Waals surface area contributed by atoms with Crippen molar-refractivity contribution in [3.8, 4) is 0 Å². The minimum Gasteiger partial charge on any atom is -0.374 e. The van der Waals surface area contributed by atoms with Gasteiger partial charge < -0.3 is 9.64 Å². The molecule has 0 spiro atoms. The zero-order chi connectivity index (χ0) is 17.9. The summed E-state index contributed by atoms with van der Waals surface area (Å²) in [5.74, 6) is -0.169. The number of morpholine rings is 1. The Morgan fingerprint density at radius 3 is 2.81 bits per heavy atom. The number of benzene rings is 1. The summed E-state index contributed by atoms with van der Waals surface area (Å²) in [6, 6.07) is 10.3. The van der Waals surface area contributed by atoms with E-state index in [2.05, 4.69) is 9.88 Å². The molecule has 1 aromatic carbocycles. The number of fused-ring (bicyclic) bond motifs is 1. The van der Waals surface area contributed by atoms with Crippen molar-refractivity contribution in [2.24, 2.45) is 0 Å². The predicted molar refractivity (Wildman–Crippen MR) is 95.1 cm³/mol. The van der Waals surface area contributed by atoms with Crippen LogP contribution in [0.5, 0.6) is 0 Å². The lowest BCUT2D eigenvalue weighted by atomic mass is 9.97. The number of amides is 1. The van der Waals surface area contributed by atoms with Crippen LogP contribution in [0.4, 0.5) is 4.39 Å². The Kier molecular flexibility index (Phi) is 4.95. The highest BCUT2D eigenvalue weighted by atomic mass is 19.1. The quantitative estimate of drug-likeness (QED) is 0.848. The van der Waals surface area contributed by atoms with Crippen molar-refractivity contribution >= 4 is 5.91 Å². The van der Waals surface area contributed by atoms with Crippen molar-refractivity contribution in [2.75, 3.05) is 26.2 Å². The second kappa shape index (κ2) is 7.51. The number of ether oxygens (including phenoxy) is 1. The summed E-state index contributed by atoms with van der Waals surface area (Å²) in [6.07, 6.45) is 4.16. The van der Waals surface area contributed by atoms with Crippen LogP contribution < -0.4 is 0 Å². The molecular formula is C20H22FN3O2. The van der Waals surface area contributed by atoms with Crippen LogP contribution >= 0.6 is 0 Å². The van der Waals surface area contributed by atoms with Gasteiger partial charge in [0, 0.05) is 49.7 Å². The highest BCUT2D eigenvalue weighted by Crippen LogP contribution is 2.26. The van der Waals surface area contributed by atoms with Crippen molar-refractivity contribution in [1.29, 1.82) is 0 Å². The van der Waals surface area contributed by atoms with E-state index in [1.165, 1.54) is 6.07 Å². The van der Waals surface area contributed by atoms with Gasteiger partial charge in [0.2, 0.25) is 0 Å². The van der Waals surface area contributed by atoms with E-state index >= 15 is 0 Å². The molecule has 0 aliphatic carbocycles. The topological polar surface area (TPSA) is 45.7 Å². The highest BCUT2D eigenvalue weighted by Gasteiger charge is 2.39. The number of halogens is 1. The fourth-order valence-corrected chi connectivity index (χ4v) is 3.86. The third-order valence-corrected chi connectivity index (χ3v) is 5.21. The first-order valence-electron chi connectivity index (χ1n) is 9.01. The lowest BCUT2D eigenvalue weighted by molar-refractivity contribution is -0.0915. The maximum Gasteiger partial charge on any atom is 0.254 e. The van der Waals surface area contributed by atoms with Gasteiger partial charge >= 0.3 is 0 Å². The molecule has 0 saturated carbocycles. The van der Waals surface area contributed by atoms with E-state index in [9.17, 15) is 9.18 Å². The van der Waals surface area contributed by atoms with Crippen LogP contribution in [0.15, 0.2) is 48.8 Å². The van der Waals surface area contributed by atoms with E-state index in [1.54, 1.807) is 30.6 Å². The first-order valence-corrected chi connectivity index (χ1v) is 9.01. The van der Waals surface area contributed by atoms with E-state index < -0.39 is 0 Å². The van der Waals surface area contributed by atoms with Crippen LogP contribution in [0.2, 0.25) is 0 Å². The van der Waals surface area contributed by atoms with Gasteiger partial charge in [0.25, 0.3) is 5.91 Å². The molecule has 1 amide bonds. The molecule has 0 bridgehead atoms. The van der Waals surface area contributed by atoms with Crippen LogP contribution in [0.1, 0.15) is 22.3 Å². The largest absolute Gasteiger partial charge is 0.374 e. The van der Waals surface area contributed by atoms with Crippen molar-refractivity contribution in [1.82, 2.24) is 14.8 Å². The van der Waals surface area contributed by atoms with Gasteiger partial charge in [0.15, 0.2) is 0 Å². The van der Waals surface area contributed by atoms with Gasteiger partial charge in [-0.2, -0.15) is 0 Å². The van der Waals surface area contributed by atoms with Crippen molar-refractivity contribution in [3.63, 3.8) is 0 Å². The van der Waals surface area contributed by atoms with E-state index in [0.717, 1.165) is 13.0 Å². The number of piperidine rings is 1. The molecular weight excluding hydrogens is 333 g/mol. The number of rotatable bonds is 3. The Morgan fingerprint density at radius 2 is 2.00 bits per heavy atom. The molecule has 1 aromatic heterocycles. The molecule has 5 nitrogen and oxygen atoms in total. The molecule has 2 atom stereocenters. The predicted octanol–water partition coefficient (Wildman–Crippen LogP) is 2.34. The first-order chi connectivity index (χ1) is 12.7. The molecule has 2 aromatic rings. The molecule has 136 valence electrons. The van der Waals surface area contributed by atoms with Crippen LogP contribution in [-0.2, 0) is 11.3 Å². The molecule has 0 radical (unpaired) electrons. The van der Waals surface area contributed by atoms with Gasteiger partial charge in [-0.1, -0.05) is 18.2 Å². The Balaban J connectivity index is 1.50. The van der Waals surface area contributed by atoms with E-state index in [1.807, 2.05) is 17.0 Å². The number of pyridine rings is 1. The normalized spacial score (nSPS) is 23.5. The maximum atomic E-state index is 14.0. The standard InChI is InChI=1S/C20H22FN3O2/c21-17-4-2-1-3-16(17)13-23-10-7-19-18(14-23)24(11-12-26-19)20(25)15-5-8-22-9-6-15/h1-6,8-9,18-19H,7,10-14H2/t18-,19-/m0/s1. The summed E-state index contributed by atoms with van der Waals surface area (Å²) in [5.41, 5.74) is 1.33. The van der Waals surface area contributed by atoms with E-state index in [-0.39, 0.29) is 23.9 Å². The number of carbonyl (C=O) groups is 1. The molecule has 4 rings (SSSR count). The summed E-state index contributed by atoms with van der Waals surface area (Å²) in [5, 5.41) is 0. The summed E-state index contributed by atoms with van der Waals surface area (Å²) < 4.78 is 19.9. The number of hydrogen-bond donors (Lipinski definition) is 0. The lowest BCUT2D eigenvalue weighted by Crippen LogP contribution is -2.61. The summed E-state index contributed by atoms with van der Waals surface area (Å²) in [7, 11) is 0. The molecule has 26 heavy (non-hydrogen) atoms. The Hall–Kier alpha value is -2.31. The second-order valence-corrected chi connectivity index (χ2v) is 6.83. The Labute approximate surface area is 152 Å². The number of likely N-dealkylation sites (tertiary alicyclic amines) is 1. The van der Waals surface area contributed by atoms with Gasteiger partial charge in [0.1, 0.15) is 5.82 Å². The number of carbonyl (C=O) groups excluding carboxylic acids is 1. The van der Waals surface area contributed by atoms with E-state index in [4.69, 9.17) is 4.74 Å². The summed E-state index contributed by atoms with van der Waals surface area (Å²) in [6.45, 7) is 3.22. The van der Waals surface area contributed by atoms with Gasteiger partial charge in [-0.25, -0.2) is 4.39 Å². The third kappa shape index (κ3) is 3.48. The molecule has 2 saturated heterocycles. The van der Waals surface area contributed by atoms with Crippen molar-refractivity contribution < 1.29 is 13.9 Å². The smallest absolute Gasteiger partial charge is 0.254 e. The minimum atomic E-state index is -0.181. The zero-order valence-electron chi connectivity index (χ0n) is 14.6. The van der Waals surface area contributed by atoms with Crippen molar-refractivity contribution in [3.05, 3.63) is 65.7 Å². The van der Waals surface area contributed by atoms with Crippen LogP contribution in [-0.4, -0.2) is 59.1 Å². The van der Waals surface area contributed by atoms with E-state index in [0.29, 0.717) is 37.4 Å². The molecule has 0 unspecified atom stereocenters. The minimum absolute atomic E-state index is 0.00932. The monoisotopic (exact) mass is 355 g/mol. The van der Waals surface area contributed by atoms with Crippen molar-refractivity contribution in [2.45, 2.75) is 25.1 Å². The van der Waals surface area contributed by atoms with Crippen LogP contribution in [0.25, 0.3) is 0 Å². The molecule has 2 aliphatic rings. The van der Waals surface area contributed by atoms with Gasteiger partial charge in [-0.05, 0) is 24.6 Å². The third-order valence-electron chi connectivity index (χ3n) is 5.21. The number of hydrogen-bond acceptors (Lipinski definition) is 4. The average Bonchev–Trinajstić information content (AvgIpc) is 2.69. The highest BCUT2D eigenvalue weighted by molar-refractivity contribution is 5.94. The van der Waals surface area contributed by atoms with Gasteiger partial charge in [-0.15, -0.1) is 0 Å². The van der Waals surface area contributed by atoms with Gasteiger partial charge in [-0.3, -0.25) is 14.7 Å². The number of aromatic nitrogens is 1. The number of nitrogens with zero attached hydrogens (tertiary/aromatic N) is 3. The zero-order valence-corrected chi connectivity index (χ0v) is 14.6. The SMILES string of the molecule is O=C(c1ccncc1)N1CCO[C@H]2CCN(Cc3ccccc3F)C[C@@H]21. The Morgan fingerprint density at radius 1 is 1.19 bits per heavy atom. The fraction of sp³-hybridized carbons (Fsp3) is 0.400. The maximum absolute atomic E-state index is 14.0. The van der Waals surface area contributed by atoms with Crippen LogP contribution in [0.3, 0.4) is 0 Å². The summed E-state index contributed by atoms with van der Waals surface area (Å²) >= 11 is 0. The lowest BCUT2D eigenvalue weighted by Gasteiger charge is -2.47. The average molecular weight is 355 g/mol. The second-order valence-electron chi connectivity index (χ2n) is 6.83. The molecule has 3 heterocycles. The fourth-order valence-electron chi connectivity index (χ4n) is 3.86. The van der Waals surface area contributed by atoms with Crippen LogP contribution in [0, 0.1) is 5.82 Å². The Bertz CT molecular complexity index is 771. The molecule has 6 heteroatoms.